The lowest BCUT2D eigenvalue weighted by atomic mass is 10.2. The molecule has 0 bridgehead atoms. The number of nitro groups is 1. The Morgan fingerprint density at radius 1 is 1.21 bits per heavy atom. The van der Waals surface area contributed by atoms with E-state index in [-0.39, 0.29) is 28.3 Å². The lowest BCUT2D eigenvalue weighted by molar-refractivity contribution is -0.386. The van der Waals surface area contributed by atoms with Crippen LogP contribution in [0.1, 0.15) is 18.2 Å². The average molecular weight is 529 g/mol. The molecule has 3 rings (SSSR count). The summed E-state index contributed by atoms with van der Waals surface area (Å²) in [4.78, 5) is 23.0. The van der Waals surface area contributed by atoms with Crippen LogP contribution in [0.3, 0.4) is 0 Å². The van der Waals surface area contributed by atoms with Gasteiger partial charge >= 0.3 is 11.9 Å². The molecule has 2 aromatic carbocycles. The molecule has 1 atom stereocenters. The Labute approximate surface area is 193 Å². The quantitative estimate of drug-likeness (QED) is 0.290. The van der Waals surface area contributed by atoms with Crippen molar-refractivity contribution in [2.75, 3.05) is 0 Å². The predicted octanol–water partition coefficient (Wildman–Crippen LogP) is 5.85. The number of nitrogens with zero attached hydrogens (tertiary/aromatic N) is 1. The van der Waals surface area contributed by atoms with Gasteiger partial charge in [-0.05, 0) is 59.3 Å². The second kappa shape index (κ2) is 9.94. The Morgan fingerprint density at radius 2 is 1.97 bits per heavy atom. The summed E-state index contributed by atoms with van der Waals surface area (Å²) in [6.45, 7) is 1.51. The molecule has 0 aliphatic rings. The number of alkyl halides is 3. The van der Waals surface area contributed by atoms with Gasteiger partial charge in [0.1, 0.15) is 17.3 Å². The summed E-state index contributed by atoms with van der Waals surface area (Å²) in [7, 11) is 0. The number of nitrogens with one attached hydrogen (secondary N) is 1. The predicted molar refractivity (Wildman–Crippen MR) is 113 cm³/mol. The van der Waals surface area contributed by atoms with Crippen molar-refractivity contribution in [3.63, 3.8) is 0 Å². The maximum Gasteiger partial charge on any atom is 0.416 e. The number of hydrogen-bond donors (Lipinski definition) is 1. The first-order valence-corrected chi connectivity index (χ1v) is 10.1. The third kappa shape index (κ3) is 6.25. The van der Waals surface area contributed by atoms with E-state index >= 15 is 0 Å². The van der Waals surface area contributed by atoms with Crippen molar-refractivity contribution in [3.8, 4) is 17.2 Å². The lowest BCUT2D eigenvalue weighted by Gasteiger charge is -2.16. The molecule has 0 saturated heterocycles. The zero-order valence-electron chi connectivity index (χ0n) is 16.9. The van der Waals surface area contributed by atoms with Crippen LogP contribution >= 0.6 is 15.9 Å². The number of amides is 1. The van der Waals surface area contributed by atoms with Gasteiger partial charge in [-0.25, -0.2) is 0 Å². The molecule has 0 fully saturated rings. The Balaban J connectivity index is 1.76. The Kier molecular flexibility index (Phi) is 7.26. The highest BCUT2D eigenvalue weighted by atomic mass is 79.9. The zero-order chi connectivity index (χ0) is 24.2. The average Bonchev–Trinajstić information content (AvgIpc) is 3.26. The molecular formula is C21H16BrF3N2O6. The maximum absolute atomic E-state index is 12.8. The van der Waals surface area contributed by atoms with Crippen LogP contribution in [0.5, 0.6) is 17.2 Å². The van der Waals surface area contributed by atoms with Gasteiger partial charge in [0.05, 0.1) is 27.8 Å². The number of nitro benzene ring substituents is 1. The Hall–Kier alpha value is -3.54. The van der Waals surface area contributed by atoms with E-state index in [0.29, 0.717) is 5.76 Å². The largest absolute Gasteiger partial charge is 0.474 e. The molecule has 12 heteroatoms. The highest BCUT2D eigenvalue weighted by Crippen LogP contribution is 2.38. The van der Waals surface area contributed by atoms with Crippen molar-refractivity contribution in [1.82, 2.24) is 5.32 Å². The molecule has 33 heavy (non-hydrogen) atoms. The van der Waals surface area contributed by atoms with E-state index in [0.717, 1.165) is 24.3 Å². The smallest absolute Gasteiger partial charge is 0.416 e. The van der Waals surface area contributed by atoms with Gasteiger partial charge < -0.3 is 19.2 Å². The molecule has 0 saturated carbocycles. The summed E-state index contributed by atoms with van der Waals surface area (Å²) in [5.41, 5.74) is -1.29. The van der Waals surface area contributed by atoms with E-state index in [4.69, 9.17) is 13.9 Å². The number of furan rings is 1. The first kappa shape index (κ1) is 24.1. The van der Waals surface area contributed by atoms with Crippen LogP contribution in [0.15, 0.2) is 63.7 Å². The van der Waals surface area contributed by atoms with Crippen LogP contribution in [0, 0.1) is 10.1 Å². The van der Waals surface area contributed by atoms with E-state index in [1.807, 2.05) is 0 Å². The van der Waals surface area contributed by atoms with Crippen LogP contribution in [0.4, 0.5) is 18.9 Å². The summed E-state index contributed by atoms with van der Waals surface area (Å²) in [6, 6.07) is 9.67. The fourth-order valence-electron chi connectivity index (χ4n) is 2.67. The molecule has 174 valence electrons. The SMILES string of the molecule is CC(Oc1cc(Oc2ccc(C(F)(F)F)cc2Br)ccc1[N+](=O)[O-])C(=O)NCc1ccco1. The Bertz CT molecular complexity index is 1150. The first-order valence-electron chi connectivity index (χ1n) is 9.34. The number of rotatable bonds is 8. The number of benzene rings is 2. The van der Waals surface area contributed by atoms with Crippen molar-refractivity contribution in [2.45, 2.75) is 25.7 Å². The number of carbonyl (C=O) groups excluding carboxylic acids is 1. The third-order valence-electron chi connectivity index (χ3n) is 4.30. The molecule has 1 aromatic heterocycles. The summed E-state index contributed by atoms with van der Waals surface area (Å²) in [5.74, 6) is -0.177. The van der Waals surface area contributed by atoms with Crippen molar-refractivity contribution >= 4 is 27.5 Å². The molecule has 0 radical (unpaired) electrons. The van der Waals surface area contributed by atoms with Crippen molar-refractivity contribution in [1.29, 1.82) is 0 Å². The molecule has 0 aliphatic heterocycles. The van der Waals surface area contributed by atoms with Crippen molar-refractivity contribution in [3.05, 3.63) is 80.7 Å². The zero-order valence-corrected chi connectivity index (χ0v) is 18.5. The van der Waals surface area contributed by atoms with Gasteiger partial charge in [-0.15, -0.1) is 0 Å². The number of halogens is 4. The molecule has 1 amide bonds. The lowest BCUT2D eigenvalue weighted by Crippen LogP contribution is -2.35. The van der Waals surface area contributed by atoms with Gasteiger partial charge in [0, 0.05) is 12.1 Å². The minimum Gasteiger partial charge on any atom is -0.474 e. The van der Waals surface area contributed by atoms with E-state index < -0.39 is 34.4 Å². The molecule has 1 N–H and O–H groups in total. The normalized spacial score (nSPS) is 12.2. The molecule has 0 aliphatic carbocycles. The van der Waals surface area contributed by atoms with Gasteiger partial charge in [-0.1, -0.05) is 0 Å². The molecule has 3 aromatic rings. The summed E-state index contributed by atoms with van der Waals surface area (Å²) < 4.78 is 54.7. The van der Waals surface area contributed by atoms with E-state index in [2.05, 4.69) is 21.2 Å². The highest BCUT2D eigenvalue weighted by molar-refractivity contribution is 9.10. The summed E-state index contributed by atoms with van der Waals surface area (Å²) in [5, 5.41) is 13.9. The van der Waals surface area contributed by atoms with Gasteiger partial charge in [-0.3, -0.25) is 14.9 Å². The molecule has 8 nitrogen and oxygen atoms in total. The third-order valence-corrected chi connectivity index (χ3v) is 4.92. The highest BCUT2D eigenvalue weighted by Gasteiger charge is 2.31. The molecule has 0 spiro atoms. The topological polar surface area (TPSA) is 104 Å². The monoisotopic (exact) mass is 528 g/mol. The maximum atomic E-state index is 12.8. The van der Waals surface area contributed by atoms with Crippen LogP contribution in [0.25, 0.3) is 0 Å². The Morgan fingerprint density at radius 3 is 2.58 bits per heavy atom. The second-order valence-electron chi connectivity index (χ2n) is 6.69. The fourth-order valence-corrected chi connectivity index (χ4v) is 3.12. The molecule has 1 unspecified atom stereocenters. The number of carbonyl (C=O) groups is 1. The van der Waals surface area contributed by atoms with Crippen molar-refractivity contribution < 1.29 is 36.8 Å². The molecule has 1 heterocycles. The van der Waals surface area contributed by atoms with Gasteiger partial charge in [0.25, 0.3) is 5.91 Å². The van der Waals surface area contributed by atoms with Crippen LogP contribution < -0.4 is 14.8 Å². The first-order chi connectivity index (χ1) is 15.5. The van der Waals surface area contributed by atoms with E-state index in [1.165, 1.54) is 25.3 Å². The standard InChI is InChI=1S/C21H16BrF3N2O6/c1-12(20(28)26-11-15-3-2-8-31-15)32-19-10-14(5-6-17(19)27(29)30)33-18-7-4-13(9-16(18)22)21(23,24)25/h2-10,12H,11H2,1H3,(H,26,28). The molecular weight excluding hydrogens is 513 g/mol. The van der Waals surface area contributed by atoms with Crippen LogP contribution in [0.2, 0.25) is 0 Å². The van der Waals surface area contributed by atoms with E-state index in [9.17, 15) is 28.1 Å². The minimum absolute atomic E-state index is 0.0313. The summed E-state index contributed by atoms with van der Waals surface area (Å²) >= 11 is 3.02. The fraction of sp³-hybridized carbons (Fsp3) is 0.190. The van der Waals surface area contributed by atoms with Gasteiger partial charge in [0.15, 0.2) is 6.10 Å². The van der Waals surface area contributed by atoms with Gasteiger partial charge in [-0.2, -0.15) is 13.2 Å². The van der Waals surface area contributed by atoms with Crippen LogP contribution in [-0.4, -0.2) is 16.9 Å². The van der Waals surface area contributed by atoms with Crippen LogP contribution in [-0.2, 0) is 17.5 Å². The number of hydrogen-bond acceptors (Lipinski definition) is 6. The number of ether oxygens (including phenoxy) is 2. The van der Waals surface area contributed by atoms with E-state index in [1.54, 1.807) is 12.1 Å². The van der Waals surface area contributed by atoms with Crippen molar-refractivity contribution in [2.24, 2.45) is 0 Å². The summed E-state index contributed by atoms with van der Waals surface area (Å²) in [6.07, 6.45) is -4.18. The minimum atomic E-state index is -4.52. The van der Waals surface area contributed by atoms with Gasteiger partial charge in [0.2, 0.25) is 5.75 Å². The second-order valence-corrected chi connectivity index (χ2v) is 7.54.